The molecule has 0 unspecified atom stereocenters. The van der Waals surface area contributed by atoms with Crippen LogP contribution >= 0.6 is 23.2 Å². The normalized spacial score (nSPS) is 10.9. The predicted molar refractivity (Wildman–Crippen MR) is 164 cm³/mol. The van der Waals surface area contributed by atoms with E-state index in [2.05, 4.69) is 5.32 Å². The van der Waals surface area contributed by atoms with Crippen LogP contribution in [0.2, 0.25) is 10.0 Å². The van der Waals surface area contributed by atoms with E-state index in [0.717, 1.165) is 11.1 Å². The summed E-state index contributed by atoms with van der Waals surface area (Å²) in [6.45, 7) is 2.77. The second-order valence-corrected chi connectivity index (χ2v) is 9.79. The number of amides is 1. The molecule has 1 N–H and O–H groups in total. The standard InChI is InChI=1S/C33H28Cl2N2O5/c1-3-40-31-17-24(14-25(19-36)33(38)37-27-11-7-10-26(34)18-27)15-28(35)32(31)42-21-23-12-13-29(30(16-23)39-2)41-20-22-8-5-4-6-9-22/h4-18H,3,20-21H2,1-2H3,(H,37,38)/b25-14-. The third kappa shape index (κ3) is 8.20. The number of nitriles is 1. The summed E-state index contributed by atoms with van der Waals surface area (Å²) in [7, 11) is 1.58. The van der Waals surface area contributed by atoms with Crippen molar-refractivity contribution in [2.75, 3.05) is 19.0 Å². The maximum atomic E-state index is 12.7. The van der Waals surface area contributed by atoms with E-state index in [0.29, 0.717) is 52.5 Å². The maximum Gasteiger partial charge on any atom is 0.266 e. The van der Waals surface area contributed by atoms with Gasteiger partial charge < -0.3 is 24.3 Å². The number of nitrogens with zero attached hydrogens (tertiary/aromatic N) is 1. The fourth-order valence-corrected chi connectivity index (χ4v) is 4.43. The van der Waals surface area contributed by atoms with E-state index in [4.69, 9.17) is 42.1 Å². The Labute approximate surface area is 254 Å². The number of methoxy groups -OCH3 is 1. The quantitative estimate of drug-likeness (QED) is 0.130. The van der Waals surface area contributed by atoms with Crippen LogP contribution in [0, 0.1) is 11.3 Å². The van der Waals surface area contributed by atoms with Crippen molar-refractivity contribution in [3.63, 3.8) is 0 Å². The fraction of sp³-hybridized carbons (Fsp3) is 0.152. The van der Waals surface area contributed by atoms with Crippen LogP contribution in [0.4, 0.5) is 5.69 Å². The first kappa shape index (κ1) is 30.3. The minimum Gasteiger partial charge on any atom is -0.493 e. The van der Waals surface area contributed by atoms with Crippen LogP contribution < -0.4 is 24.3 Å². The van der Waals surface area contributed by atoms with Gasteiger partial charge in [0.15, 0.2) is 23.0 Å². The minimum absolute atomic E-state index is 0.121. The molecule has 0 radical (unpaired) electrons. The molecule has 0 aromatic heterocycles. The zero-order valence-electron chi connectivity index (χ0n) is 23.0. The summed E-state index contributed by atoms with van der Waals surface area (Å²) in [4.78, 5) is 12.7. The highest BCUT2D eigenvalue weighted by Crippen LogP contribution is 2.38. The van der Waals surface area contributed by atoms with Gasteiger partial charge in [0.2, 0.25) is 0 Å². The van der Waals surface area contributed by atoms with Gasteiger partial charge in [0, 0.05) is 10.7 Å². The van der Waals surface area contributed by atoms with Gasteiger partial charge in [-0.15, -0.1) is 0 Å². The molecule has 0 spiro atoms. The lowest BCUT2D eigenvalue weighted by molar-refractivity contribution is -0.112. The second-order valence-electron chi connectivity index (χ2n) is 8.95. The van der Waals surface area contributed by atoms with Crippen LogP contribution in [0.15, 0.2) is 90.5 Å². The molecule has 0 saturated heterocycles. The number of ether oxygens (including phenoxy) is 4. The van der Waals surface area contributed by atoms with Crippen molar-refractivity contribution in [3.05, 3.63) is 117 Å². The van der Waals surface area contributed by atoms with Gasteiger partial charge in [0.1, 0.15) is 24.9 Å². The highest BCUT2D eigenvalue weighted by atomic mass is 35.5. The molecule has 4 aromatic rings. The molecule has 0 aliphatic rings. The average Bonchev–Trinajstić information content (AvgIpc) is 2.99. The fourth-order valence-electron chi connectivity index (χ4n) is 3.97. The number of nitrogens with one attached hydrogen (secondary N) is 1. The first-order valence-corrected chi connectivity index (χ1v) is 13.8. The van der Waals surface area contributed by atoms with Crippen molar-refractivity contribution >= 4 is 40.9 Å². The smallest absolute Gasteiger partial charge is 0.266 e. The zero-order valence-corrected chi connectivity index (χ0v) is 24.5. The molecule has 1 amide bonds. The molecule has 0 aliphatic carbocycles. The molecule has 0 atom stereocenters. The topological polar surface area (TPSA) is 89.8 Å². The molecular weight excluding hydrogens is 575 g/mol. The summed E-state index contributed by atoms with van der Waals surface area (Å²) in [6, 6.07) is 27.3. The van der Waals surface area contributed by atoms with Gasteiger partial charge in [-0.3, -0.25) is 4.79 Å². The molecule has 0 saturated carbocycles. The van der Waals surface area contributed by atoms with Crippen LogP contribution in [0.3, 0.4) is 0 Å². The van der Waals surface area contributed by atoms with Crippen LogP contribution in [-0.4, -0.2) is 19.6 Å². The number of rotatable bonds is 12. The molecule has 214 valence electrons. The minimum atomic E-state index is -0.584. The van der Waals surface area contributed by atoms with Crippen molar-refractivity contribution in [1.29, 1.82) is 5.26 Å². The summed E-state index contributed by atoms with van der Waals surface area (Å²) in [5.74, 6) is 1.31. The van der Waals surface area contributed by atoms with Gasteiger partial charge in [0.05, 0.1) is 18.7 Å². The van der Waals surface area contributed by atoms with E-state index in [1.165, 1.54) is 6.08 Å². The van der Waals surface area contributed by atoms with Crippen molar-refractivity contribution in [2.24, 2.45) is 0 Å². The van der Waals surface area contributed by atoms with Crippen LogP contribution in [-0.2, 0) is 18.0 Å². The van der Waals surface area contributed by atoms with Crippen molar-refractivity contribution in [3.8, 4) is 29.1 Å². The van der Waals surface area contributed by atoms with E-state index in [9.17, 15) is 10.1 Å². The van der Waals surface area contributed by atoms with E-state index >= 15 is 0 Å². The lowest BCUT2D eigenvalue weighted by Crippen LogP contribution is -2.13. The van der Waals surface area contributed by atoms with Crippen molar-refractivity contribution in [2.45, 2.75) is 20.1 Å². The number of benzene rings is 4. The van der Waals surface area contributed by atoms with Gasteiger partial charge >= 0.3 is 0 Å². The third-order valence-corrected chi connectivity index (χ3v) is 6.45. The molecule has 4 aromatic carbocycles. The first-order chi connectivity index (χ1) is 20.4. The van der Waals surface area contributed by atoms with E-state index < -0.39 is 5.91 Å². The molecule has 4 rings (SSSR count). The lowest BCUT2D eigenvalue weighted by Gasteiger charge is -2.16. The largest absolute Gasteiger partial charge is 0.493 e. The predicted octanol–water partition coefficient (Wildman–Crippen LogP) is 8.10. The number of hydrogen-bond donors (Lipinski definition) is 1. The SMILES string of the molecule is CCOc1cc(/C=C(/C#N)C(=O)Nc2cccc(Cl)c2)cc(Cl)c1OCc1ccc(OCc2ccccc2)c(OC)c1. The highest BCUT2D eigenvalue weighted by molar-refractivity contribution is 6.32. The number of carbonyl (C=O) groups excluding carboxylic acids is 1. The Morgan fingerprint density at radius 2 is 1.64 bits per heavy atom. The Kier molecular flexibility index (Phi) is 10.7. The summed E-state index contributed by atoms with van der Waals surface area (Å²) >= 11 is 12.6. The average molecular weight is 604 g/mol. The van der Waals surface area contributed by atoms with Crippen LogP contribution in [0.5, 0.6) is 23.0 Å². The number of carbonyl (C=O) groups is 1. The highest BCUT2D eigenvalue weighted by Gasteiger charge is 2.16. The number of hydrogen-bond acceptors (Lipinski definition) is 6. The molecule has 0 aliphatic heterocycles. The molecule has 0 heterocycles. The third-order valence-electron chi connectivity index (χ3n) is 5.94. The zero-order chi connectivity index (χ0) is 29.9. The Balaban J connectivity index is 1.49. The maximum absolute atomic E-state index is 12.7. The van der Waals surface area contributed by atoms with E-state index in [1.807, 2.05) is 61.5 Å². The van der Waals surface area contributed by atoms with Crippen molar-refractivity contribution < 1.29 is 23.7 Å². The van der Waals surface area contributed by atoms with Crippen LogP contribution in [0.25, 0.3) is 6.08 Å². The van der Waals surface area contributed by atoms with E-state index in [-0.39, 0.29) is 17.2 Å². The number of anilines is 1. The number of halogens is 2. The molecular formula is C33H28Cl2N2O5. The Bertz CT molecular complexity index is 1620. The Morgan fingerprint density at radius 3 is 2.36 bits per heavy atom. The summed E-state index contributed by atoms with van der Waals surface area (Å²) in [6.07, 6.45) is 1.43. The monoisotopic (exact) mass is 602 g/mol. The van der Waals surface area contributed by atoms with Crippen LogP contribution in [0.1, 0.15) is 23.6 Å². The first-order valence-electron chi connectivity index (χ1n) is 13.0. The van der Waals surface area contributed by atoms with E-state index in [1.54, 1.807) is 43.5 Å². The van der Waals surface area contributed by atoms with Gasteiger partial charge in [-0.2, -0.15) is 5.26 Å². The van der Waals surface area contributed by atoms with Gasteiger partial charge in [0.25, 0.3) is 5.91 Å². The summed E-state index contributed by atoms with van der Waals surface area (Å²) in [5, 5.41) is 13.0. The lowest BCUT2D eigenvalue weighted by atomic mass is 10.1. The van der Waals surface area contributed by atoms with Gasteiger partial charge in [-0.05, 0) is 72.2 Å². The van der Waals surface area contributed by atoms with Gasteiger partial charge in [-0.25, -0.2) is 0 Å². The molecule has 0 bridgehead atoms. The Morgan fingerprint density at radius 1 is 0.857 bits per heavy atom. The molecule has 42 heavy (non-hydrogen) atoms. The molecule has 0 fully saturated rings. The summed E-state index contributed by atoms with van der Waals surface area (Å²) in [5.41, 5.74) is 2.72. The Hall–Kier alpha value is -4.64. The summed E-state index contributed by atoms with van der Waals surface area (Å²) < 4.78 is 23.3. The molecule has 9 heteroatoms. The molecule has 7 nitrogen and oxygen atoms in total. The second kappa shape index (κ2) is 14.8. The van der Waals surface area contributed by atoms with Gasteiger partial charge in [-0.1, -0.05) is 65.7 Å². The van der Waals surface area contributed by atoms with Crippen molar-refractivity contribution in [1.82, 2.24) is 0 Å².